The molecule has 0 amide bonds. The van der Waals surface area contributed by atoms with Gasteiger partial charge in [-0.25, -0.2) is 0 Å². The highest BCUT2D eigenvalue weighted by Crippen LogP contribution is 2.59. The Balaban J connectivity index is 0.880. The van der Waals surface area contributed by atoms with Crippen LogP contribution in [0, 0.1) is 41.5 Å². The maximum absolute atomic E-state index is 2.53. The topological polar surface area (TPSA) is 6.48 Å². The number of rotatable bonds is 10. The van der Waals surface area contributed by atoms with E-state index in [4.69, 9.17) is 0 Å². The van der Waals surface area contributed by atoms with Crippen LogP contribution in [0.3, 0.4) is 0 Å². The van der Waals surface area contributed by atoms with Gasteiger partial charge >= 0.3 is 0 Å². The molecule has 2 nitrogen and oxygen atoms in total. The van der Waals surface area contributed by atoms with Crippen molar-refractivity contribution in [3.8, 4) is 22.3 Å². The number of anilines is 6. The van der Waals surface area contributed by atoms with Gasteiger partial charge in [-0.1, -0.05) is 254 Å². The summed E-state index contributed by atoms with van der Waals surface area (Å²) in [5.74, 6) is 0. The largest absolute Gasteiger partial charge is 0.309 e. The van der Waals surface area contributed by atoms with Gasteiger partial charge in [0, 0.05) is 22.1 Å². The molecule has 0 saturated carbocycles. The van der Waals surface area contributed by atoms with Crippen molar-refractivity contribution in [2.75, 3.05) is 9.80 Å². The minimum absolute atomic E-state index is 0.503. The number of benzene rings is 14. The van der Waals surface area contributed by atoms with Gasteiger partial charge < -0.3 is 9.80 Å². The molecule has 0 atom stereocenters. The zero-order valence-electron chi connectivity index (χ0n) is 49.5. The average molecular weight is 1100 g/mol. The van der Waals surface area contributed by atoms with Gasteiger partial charge in [0.2, 0.25) is 0 Å². The molecule has 86 heavy (non-hydrogen) atoms. The maximum atomic E-state index is 2.53. The van der Waals surface area contributed by atoms with E-state index >= 15 is 0 Å². The molecule has 14 aromatic rings. The van der Waals surface area contributed by atoms with E-state index in [-0.39, 0.29) is 0 Å². The highest BCUT2D eigenvalue weighted by atomic mass is 15.2. The van der Waals surface area contributed by atoms with Gasteiger partial charge in [-0.3, -0.25) is 0 Å². The van der Waals surface area contributed by atoms with E-state index in [0.717, 1.165) is 22.7 Å². The third-order valence-corrected chi connectivity index (χ3v) is 19.4. The van der Waals surface area contributed by atoms with Gasteiger partial charge in [-0.2, -0.15) is 0 Å². The number of para-hydroxylation sites is 2. The summed E-state index contributed by atoms with van der Waals surface area (Å²) in [6.45, 7) is 13.5. The van der Waals surface area contributed by atoms with Crippen LogP contribution in [0.1, 0.15) is 77.9 Å². The van der Waals surface area contributed by atoms with Crippen molar-refractivity contribution in [3.05, 3.63) is 357 Å². The zero-order chi connectivity index (χ0) is 58.0. The Bertz CT molecular complexity index is 4570. The molecule has 0 bridgehead atoms. The monoisotopic (exact) mass is 1100 g/mol. The first-order chi connectivity index (χ1) is 42.1. The van der Waals surface area contributed by atoms with Crippen LogP contribution >= 0.6 is 0 Å². The summed E-state index contributed by atoms with van der Waals surface area (Å²) in [7, 11) is 0. The minimum Gasteiger partial charge on any atom is -0.309 e. The maximum Gasteiger partial charge on any atom is 0.0713 e. The lowest BCUT2D eigenvalue weighted by Gasteiger charge is -2.35. The van der Waals surface area contributed by atoms with Crippen LogP contribution in [0.4, 0.5) is 34.1 Å². The quantitative estimate of drug-likeness (QED) is 0.126. The van der Waals surface area contributed by atoms with Crippen molar-refractivity contribution in [1.82, 2.24) is 0 Å². The molecule has 0 spiro atoms. The molecular formula is C84H64N2. The summed E-state index contributed by atoms with van der Waals surface area (Å²) in [6.07, 6.45) is 0. The van der Waals surface area contributed by atoms with Crippen LogP contribution < -0.4 is 9.80 Å². The summed E-state index contributed by atoms with van der Waals surface area (Å²) in [4.78, 5) is 5.07. The van der Waals surface area contributed by atoms with E-state index in [0.29, 0.717) is 0 Å². The Hall–Kier alpha value is -10.3. The Morgan fingerprint density at radius 2 is 0.570 bits per heavy atom. The van der Waals surface area contributed by atoms with Crippen LogP contribution in [-0.4, -0.2) is 0 Å². The first-order valence-electron chi connectivity index (χ1n) is 30.3. The van der Waals surface area contributed by atoms with Gasteiger partial charge in [0.05, 0.1) is 33.6 Å². The van der Waals surface area contributed by atoms with E-state index in [1.807, 2.05) is 0 Å². The van der Waals surface area contributed by atoms with Crippen molar-refractivity contribution in [2.45, 2.75) is 52.4 Å². The number of hydrogen-bond donors (Lipinski definition) is 0. The zero-order valence-corrected chi connectivity index (χ0v) is 49.5. The molecule has 2 aliphatic rings. The van der Waals surface area contributed by atoms with Crippen molar-refractivity contribution in [2.24, 2.45) is 0 Å². The van der Waals surface area contributed by atoms with E-state index in [9.17, 15) is 0 Å². The lowest BCUT2D eigenvalue weighted by molar-refractivity contribution is 0.767. The molecule has 16 rings (SSSR count). The molecule has 0 aliphatic heterocycles. The second kappa shape index (κ2) is 19.7. The van der Waals surface area contributed by atoms with Crippen LogP contribution in [0.25, 0.3) is 54.6 Å². The smallest absolute Gasteiger partial charge is 0.0713 e. The molecule has 2 aliphatic carbocycles. The lowest BCUT2D eigenvalue weighted by Crippen LogP contribution is -2.28. The molecule has 0 radical (unpaired) electrons. The Morgan fingerprint density at radius 3 is 0.907 bits per heavy atom. The lowest BCUT2D eigenvalue weighted by atomic mass is 9.67. The predicted octanol–water partition coefficient (Wildman–Crippen LogP) is 22.1. The molecule has 0 saturated heterocycles. The van der Waals surface area contributed by atoms with Gasteiger partial charge in [0.25, 0.3) is 0 Å². The molecule has 410 valence electrons. The van der Waals surface area contributed by atoms with Crippen LogP contribution in [0.5, 0.6) is 0 Å². The fraction of sp³-hybridized carbons (Fsp3) is 0.0952. The summed E-state index contributed by atoms with van der Waals surface area (Å²) < 4.78 is 0. The SMILES string of the molecule is Cc1cccc(C2(c3ccc(N(c4c(C)cccc4C)c4ccc5ccc6c(N(c7ccc(C8(c9cccc(C)c9)c9ccccc9-c9ccccc98)cc7)c7c(C)cccc7C)ccc7ccc4c5c76)cc3)c3ccccc3-c3ccccc32)c1. The normalized spacial score (nSPS) is 13.4. The first kappa shape index (κ1) is 51.4. The first-order valence-corrected chi connectivity index (χ1v) is 30.3. The third kappa shape index (κ3) is 7.39. The number of hydrogen-bond acceptors (Lipinski definition) is 2. The Labute approximate surface area is 504 Å². The number of aryl methyl sites for hydroxylation is 6. The molecule has 0 unspecified atom stereocenters. The van der Waals surface area contributed by atoms with Crippen molar-refractivity contribution in [1.29, 1.82) is 0 Å². The summed E-state index contributed by atoms with van der Waals surface area (Å²) >= 11 is 0. The molecule has 0 aromatic heterocycles. The summed E-state index contributed by atoms with van der Waals surface area (Å²) in [5, 5.41) is 7.38. The molecule has 0 heterocycles. The van der Waals surface area contributed by atoms with Gasteiger partial charge in [0.1, 0.15) is 0 Å². The molecular weight excluding hydrogens is 1040 g/mol. The average Bonchev–Trinajstić information content (AvgIpc) is 1.55. The molecule has 0 fully saturated rings. The molecule has 14 aromatic carbocycles. The third-order valence-electron chi connectivity index (χ3n) is 19.4. The van der Waals surface area contributed by atoms with Gasteiger partial charge in [-0.15, -0.1) is 0 Å². The van der Waals surface area contributed by atoms with E-state index in [2.05, 4.69) is 330 Å². The second-order valence-corrected chi connectivity index (χ2v) is 24.3. The predicted molar refractivity (Wildman–Crippen MR) is 363 cm³/mol. The second-order valence-electron chi connectivity index (χ2n) is 24.3. The van der Waals surface area contributed by atoms with Crippen LogP contribution in [0.2, 0.25) is 0 Å². The van der Waals surface area contributed by atoms with E-state index < -0.39 is 10.8 Å². The number of nitrogens with zero attached hydrogens (tertiary/aromatic N) is 2. The van der Waals surface area contributed by atoms with Crippen molar-refractivity contribution >= 4 is 66.4 Å². The fourth-order valence-corrected chi connectivity index (χ4v) is 15.8. The Kier molecular flexibility index (Phi) is 11.7. The highest BCUT2D eigenvalue weighted by molar-refractivity contribution is 6.28. The summed E-state index contributed by atoms with van der Waals surface area (Å²) in [5.41, 5.74) is 28.8. The van der Waals surface area contributed by atoms with Crippen molar-refractivity contribution < 1.29 is 0 Å². The summed E-state index contributed by atoms with van der Waals surface area (Å²) in [6, 6.07) is 106. The van der Waals surface area contributed by atoms with Gasteiger partial charge in [-0.05, 0) is 189 Å². The van der Waals surface area contributed by atoms with Crippen LogP contribution in [-0.2, 0) is 10.8 Å². The number of fused-ring (bicyclic) bond motifs is 6. The molecule has 0 N–H and O–H groups in total. The van der Waals surface area contributed by atoms with Gasteiger partial charge in [0.15, 0.2) is 0 Å². The minimum atomic E-state index is -0.503. The van der Waals surface area contributed by atoms with Crippen LogP contribution in [0.15, 0.2) is 279 Å². The van der Waals surface area contributed by atoms with E-state index in [1.165, 1.54) is 144 Å². The molecule has 2 heteroatoms. The van der Waals surface area contributed by atoms with Crippen molar-refractivity contribution in [3.63, 3.8) is 0 Å². The standard InChI is InChI=1S/C84H64N2/c1-53-19-15-25-63(51-53)83(73-31-11-7-27-67(73)68-28-8-12-32-74(68)83)61-39-43-65(44-40-61)85(81-55(3)21-17-22-56(81)4)77-49-37-59-36-48-72-78(50-38-60-35-47-71(77)79(59)80(60)72)86(82-57(5)23-18-24-58(82)6)66-45-41-62(42-46-66)84(64-26-16-20-54(2)52-64)75-33-13-9-29-69(75)70-30-10-14-34-76(70)84/h7-52H,1-6H3. The highest BCUT2D eigenvalue weighted by Gasteiger charge is 2.47. The van der Waals surface area contributed by atoms with E-state index in [1.54, 1.807) is 0 Å². The Morgan fingerprint density at radius 1 is 0.256 bits per heavy atom. The fourth-order valence-electron chi connectivity index (χ4n) is 15.8.